The summed E-state index contributed by atoms with van der Waals surface area (Å²) in [6.07, 6.45) is 9.13. The van der Waals surface area contributed by atoms with Crippen LogP contribution >= 0.6 is 11.6 Å². The fraction of sp³-hybridized carbons (Fsp3) is 0.308. The van der Waals surface area contributed by atoms with Crippen molar-refractivity contribution in [2.45, 2.75) is 19.9 Å². The number of aryl methyl sites for hydroxylation is 2. The summed E-state index contributed by atoms with van der Waals surface area (Å²) in [4.78, 5) is 12.2. The smallest absolute Gasteiger partial charge is 0.292 e. The summed E-state index contributed by atoms with van der Waals surface area (Å²) >= 11 is 6.04. The van der Waals surface area contributed by atoms with Crippen LogP contribution in [0.1, 0.15) is 12.6 Å². The van der Waals surface area contributed by atoms with Gasteiger partial charge in [-0.05, 0) is 6.42 Å². The van der Waals surface area contributed by atoms with E-state index in [-0.39, 0.29) is 22.8 Å². The fourth-order valence-electron chi connectivity index (χ4n) is 1.82. The van der Waals surface area contributed by atoms with Crippen molar-refractivity contribution in [3.05, 3.63) is 33.5 Å². The average molecular weight is 292 g/mol. The molecule has 0 aliphatic heterocycles. The molecular weight excluding hydrogens is 278 g/mol. The van der Waals surface area contributed by atoms with Gasteiger partial charge in [0.25, 0.3) is 5.56 Å². The zero-order chi connectivity index (χ0) is 14.7. The second-order valence-electron chi connectivity index (χ2n) is 4.18. The molecule has 0 spiro atoms. The maximum absolute atomic E-state index is 12.2. The summed E-state index contributed by atoms with van der Waals surface area (Å²) in [7, 11) is 1.81. The van der Waals surface area contributed by atoms with E-state index in [0.717, 1.165) is 17.8 Å². The van der Waals surface area contributed by atoms with Crippen LogP contribution in [0.25, 0.3) is 0 Å². The van der Waals surface area contributed by atoms with E-state index < -0.39 is 0 Å². The molecule has 0 radical (unpaired) electrons. The van der Waals surface area contributed by atoms with E-state index in [9.17, 15) is 4.79 Å². The molecule has 0 atom stereocenters. The van der Waals surface area contributed by atoms with E-state index in [4.69, 9.17) is 18.0 Å². The Labute approximate surface area is 121 Å². The zero-order valence-corrected chi connectivity index (χ0v) is 12.0. The molecule has 104 valence electrons. The maximum Gasteiger partial charge on any atom is 0.292 e. The monoisotopic (exact) mass is 291 g/mol. The van der Waals surface area contributed by atoms with Crippen LogP contribution in [0.4, 0.5) is 11.4 Å². The van der Waals surface area contributed by atoms with E-state index in [1.807, 2.05) is 14.0 Å². The number of aromatic nitrogens is 4. The Morgan fingerprint density at radius 3 is 2.95 bits per heavy atom. The topological polar surface area (TPSA) is 64.7 Å². The molecule has 0 saturated heterocycles. The molecule has 2 rings (SSSR count). The first-order valence-corrected chi connectivity index (χ1v) is 6.43. The van der Waals surface area contributed by atoms with E-state index >= 15 is 0 Å². The van der Waals surface area contributed by atoms with E-state index in [1.54, 1.807) is 10.9 Å². The molecule has 6 nitrogen and oxygen atoms in total. The van der Waals surface area contributed by atoms with Gasteiger partial charge in [0.15, 0.2) is 0 Å². The Morgan fingerprint density at radius 2 is 2.30 bits per heavy atom. The second kappa shape index (κ2) is 5.80. The first kappa shape index (κ1) is 14.2. The molecule has 0 aliphatic carbocycles. The molecule has 2 aromatic heterocycles. The molecule has 0 aromatic carbocycles. The van der Waals surface area contributed by atoms with Gasteiger partial charge in [0.05, 0.1) is 22.6 Å². The molecular formula is C13H14ClN5O. The number of nitrogens with zero attached hydrogens (tertiary/aromatic N) is 4. The molecule has 1 N–H and O–H groups in total. The van der Waals surface area contributed by atoms with Crippen LogP contribution in [0.5, 0.6) is 0 Å². The molecule has 0 fully saturated rings. The molecule has 0 bridgehead atoms. The molecule has 2 aromatic rings. The standard InChI is InChI=1S/C13H14ClN5O/c1-4-6-19-13(20)12(9(14)7-15-19)16-11-8-18(3)17-10(11)5-2/h1,7-8,16H,5-6H2,2-3H3. The van der Waals surface area contributed by atoms with Gasteiger partial charge in [0.1, 0.15) is 12.2 Å². The van der Waals surface area contributed by atoms with Crippen molar-refractivity contribution < 1.29 is 0 Å². The van der Waals surface area contributed by atoms with Gasteiger partial charge in [-0.15, -0.1) is 6.42 Å². The number of anilines is 2. The Balaban J connectivity index is 2.45. The minimum atomic E-state index is -0.360. The highest BCUT2D eigenvalue weighted by Gasteiger charge is 2.13. The van der Waals surface area contributed by atoms with Crippen LogP contribution in [0.15, 0.2) is 17.2 Å². The highest BCUT2D eigenvalue weighted by Crippen LogP contribution is 2.23. The van der Waals surface area contributed by atoms with Crippen molar-refractivity contribution in [2.24, 2.45) is 7.05 Å². The van der Waals surface area contributed by atoms with Crippen LogP contribution in [-0.2, 0) is 20.0 Å². The lowest BCUT2D eigenvalue weighted by molar-refractivity contribution is 0.665. The lowest BCUT2D eigenvalue weighted by Crippen LogP contribution is -2.24. The molecule has 0 amide bonds. The highest BCUT2D eigenvalue weighted by molar-refractivity contribution is 6.33. The quantitative estimate of drug-likeness (QED) is 0.869. The summed E-state index contributed by atoms with van der Waals surface area (Å²) in [5, 5.41) is 11.5. The van der Waals surface area contributed by atoms with Gasteiger partial charge in [-0.25, -0.2) is 4.68 Å². The second-order valence-corrected chi connectivity index (χ2v) is 4.58. The van der Waals surface area contributed by atoms with Crippen molar-refractivity contribution >= 4 is 23.0 Å². The third-order valence-corrected chi connectivity index (χ3v) is 3.03. The maximum atomic E-state index is 12.2. The number of halogens is 1. The number of rotatable bonds is 4. The highest BCUT2D eigenvalue weighted by atomic mass is 35.5. The van der Waals surface area contributed by atoms with Gasteiger partial charge in [0.2, 0.25) is 0 Å². The van der Waals surface area contributed by atoms with Crippen molar-refractivity contribution in [3.8, 4) is 12.3 Å². The summed E-state index contributed by atoms with van der Waals surface area (Å²) in [6, 6.07) is 0. The van der Waals surface area contributed by atoms with Crippen LogP contribution in [0, 0.1) is 12.3 Å². The third kappa shape index (κ3) is 2.68. The lowest BCUT2D eigenvalue weighted by atomic mass is 10.3. The van der Waals surface area contributed by atoms with Crippen LogP contribution < -0.4 is 10.9 Å². The van der Waals surface area contributed by atoms with Crippen LogP contribution in [0.3, 0.4) is 0 Å². The van der Waals surface area contributed by atoms with Gasteiger partial charge in [0, 0.05) is 13.2 Å². The van der Waals surface area contributed by atoms with Gasteiger partial charge >= 0.3 is 0 Å². The van der Waals surface area contributed by atoms with Crippen LogP contribution in [-0.4, -0.2) is 19.6 Å². The summed E-state index contributed by atoms with van der Waals surface area (Å²) in [5.74, 6) is 2.38. The average Bonchev–Trinajstić information content (AvgIpc) is 2.78. The Hall–Kier alpha value is -2.26. The Morgan fingerprint density at radius 1 is 1.55 bits per heavy atom. The first-order valence-electron chi connectivity index (χ1n) is 6.05. The van der Waals surface area contributed by atoms with Crippen molar-refractivity contribution in [1.82, 2.24) is 19.6 Å². The van der Waals surface area contributed by atoms with E-state index in [0.29, 0.717) is 0 Å². The minimum absolute atomic E-state index is 0.0956. The molecule has 7 heteroatoms. The summed E-state index contributed by atoms with van der Waals surface area (Å²) < 4.78 is 2.85. The number of hydrogen-bond donors (Lipinski definition) is 1. The largest absolute Gasteiger partial charge is 0.347 e. The number of nitrogens with one attached hydrogen (secondary N) is 1. The summed E-state index contributed by atoms with van der Waals surface area (Å²) in [6.45, 7) is 2.08. The molecule has 2 heterocycles. The molecule has 0 unspecified atom stereocenters. The van der Waals surface area contributed by atoms with E-state index in [2.05, 4.69) is 21.4 Å². The Bertz CT molecular complexity index is 725. The van der Waals surface area contributed by atoms with Gasteiger partial charge in [-0.2, -0.15) is 10.2 Å². The molecule has 20 heavy (non-hydrogen) atoms. The van der Waals surface area contributed by atoms with Gasteiger partial charge in [-0.1, -0.05) is 24.4 Å². The minimum Gasteiger partial charge on any atom is -0.347 e. The first-order chi connectivity index (χ1) is 9.56. The normalized spacial score (nSPS) is 10.3. The van der Waals surface area contributed by atoms with Gasteiger partial charge in [-0.3, -0.25) is 9.48 Å². The zero-order valence-electron chi connectivity index (χ0n) is 11.2. The summed E-state index contributed by atoms with van der Waals surface area (Å²) in [5.41, 5.74) is 1.48. The number of hydrogen-bond acceptors (Lipinski definition) is 4. The van der Waals surface area contributed by atoms with Crippen molar-refractivity contribution in [1.29, 1.82) is 0 Å². The van der Waals surface area contributed by atoms with Crippen molar-refractivity contribution in [2.75, 3.05) is 5.32 Å². The predicted molar refractivity (Wildman–Crippen MR) is 78.2 cm³/mol. The third-order valence-electron chi connectivity index (χ3n) is 2.74. The van der Waals surface area contributed by atoms with Crippen molar-refractivity contribution in [3.63, 3.8) is 0 Å². The molecule has 0 aliphatic rings. The predicted octanol–water partition coefficient (Wildman–Crippen LogP) is 1.57. The van der Waals surface area contributed by atoms with E-state index in [1.165, 1.54) is 10.9 Å². The number of terminal acetylenes is 1. The lowest BCUT2D eigenvalue weighted by Gasteiger charge is -2.08. The fourth-order valence-corrected chi connectivity index (χ4v) is 1.99. The van der Waals surface area contributed by atoms with Gasteiger partial charge < -0.3 is 5.32 Å². The Kier molecular flexibility index (Phi) is 4.11. The SMILES string of the molecule is C#CCn1ncc(Cl)c(Nc2cn(C)nc2CC)c1=O. The molecule has 0 saturated carbocycles. The van der Waals surface area contributed by atoms with Crippen LogP contribution in [0.2, 0.25) is 5.02 Å².